The molecule has 1 aliphatic heterocycles. The van der Waals surface area contributed by atoms with Crippen LogP contribution >= 0.6 is 35.3 Å². The Morgan fingerprint density at radius 2 is 1.83 bits per heavy atom. The molecular weight excluding hydrogens is 505 g/mol. The van der Waals surface area contributed by atoms with E-state index in [9.17, 15) is 9.59 Å². The number of nitrogens with one attached hydrogen (secondary N) is 2. The summed E-state index contributed by atoms with van der Waals surface area (Å²) in [5.41, 5.74) is 0. The van der Waals surface area contributed by atoms with Crippen molar-refractivity contribution < 1.29 is 14.0 Å². The second kappa shape index (κ2) is 11.8. The van der Waals surface area contributed by atoms with Gasteiger partial charge in [-0.25, -0.2) is 0 Å². The summed E-state index contributed by atoms with van der Waals surface area (Å²) in [5, 5.41) is 8.13. The van der Waals surface area contributed by atoms with Gasteiger partial charge in [-0.15, -0.1) is 35.3 Å². The molecule has 0 unspecified atom stereocenters. The molecule has 10 heteroatoms. The van der Waals surface area contributed by atoms with Crippen LogP contribution in [0.3, 0.4) is 0 Å². The fourth-order valence-electron chi connectivity index (χ4n) is 3.00. The van der Waals surface area contributed by atoms with Crippen LogP contribution in [0.25, 0.3) is 0 Å². The molecule has 158 valence electrons. The Morgan fingerprint density at radius 1 is 1.10 bits per heavy atom. The van der Waals surface area contributed by atoms with E-state index in [0.717, 1.165) is 17.3 Å². The lowest BCUT2D eigenvalue weighted by Crippen LogP contribution is -2.53. The minimum Gasteiger partial charge on any atom is -0.459 e. The molecule has 8 nitrogen and oxygen atoms in total. The van der Waals surface area contributed by atoms with Gasteiger partial charge in [0, 0.05) is 46.3 Å². The largest absolute Gasteiger partial charge is 0.459 e. The van der Waals surface area contributed by atoms with E-state index < -0.39 is 0 Å². The van der Waals surface area contributed by atoms with Gasteiger partial charge in [-0.3, -0.25) is 14.6 Å². The lowest BCUT2D eigenvalue weighted by atomic mass is 10.3. The smallest absolute Gasteiger partial charge is 0.289 e. The van der Waals surface area contributed by atoms with Gasteiger partial charge in [-0.05, 0) is 30.0 Å². The molecule has 0 atom stereocenters. The molecule has 2 aromatic rings. The van der Waals surface area contributed by atoms with E-state index in [-0.39, 0.29) is 35.8 Å². The summed E-state index contributed by atoms with van der Waals surface area (Å²) in [6.07, 6.45) is 2.31. The van der Waals surface area contributed by atoms with E-state index in [1.807, 2.05) is 17.5 Å². The highest BCUT2D eigenvalue weighted by atomic mass is 127. The molecule has 0 saturated carbocycles. The molecule has 1 aliphatic rings. The highest BCUT2D eigenvalue weighted by Gasteiger charge is 2.25. The number of hydrogen-bond donors (Lipinski definition) is 2. The Bertz CT molecular complexity index is 787. The van der Waals surface area contributed by atoms with E-state index in [0.29, 0.717) is 45.0 Å². The van der Waals surface area contributed by atoms with Crippen LogP contribution in [0.2, 0.25) is 0 Å². The van der Waals surface area contributed by atoms with Gasteiger partial charge in [0.15, 0.2) is 11.7 Å². The zero-order valence-corrected chi connectivity index (χ0v) is 19.4. The van der Waals surface area contributed by atoms with Gasteiger partial charge in [0.2, 0.25) is 0 Å². The third-order valence-electron chi connectivity index (χ3n) is 4.48. The molecule has 0 spiro atoms. The number of halogens is 1. The van der Waals surface area contributed by atoms with E-state index in [2.05, 4.69) is 20.5 Å². The van der Waals surface area contributed by atoms with Crippen molar-refractivity contribution in [2.24, 2.45) is 4.99 Å². The lowest BCUT2D eigenvalue weighted by Gasteiger charge is -2.36. The fourth-order valence-corrected chi connectivity index (χ4v) is 3.64. The maximum Gasteiger partial charge on any atom is 0.289 e. The van der Waals surface area contributed by atoms with Gasteiger partial charge >= 0.3 is 0 Å². The quantitative estimate of drug-likeness (QED) is 0.258. The molecule has 1 fully saturated rings. The zero-order valence-electron chi connectivity index (χ0n) is 16.3. The zero-order chi connectivity index (χ0) is 19.8. The van der Waals surface area contributed by atoms with Crippen molar-refractivity contribution in [3.8, 4) is 0 Å². The molecular formula is C19H26IN5O3S. The monoisotopic (exact) mass is 531 g/mol. The number of guanidine groups is 1. The van der Waals surface area contributed by atoms with Crippen LogP contribution in [0.1, 0.15) is 26.6 Å². The van der Waals surface area contributed by atoms with Crippen LogP contribution in [-0.4, -0.2) is 73.9 Å². The molecule has 0 aliphatic carbocycles. The molecule has 29 heavy (non-hydrogen) atoms. The van der Waals surface area contributed by atoms with E-state index in [1.54, 1.807) is 24.1 Å². The van der Waals surface area contributed by atoms with Crippen LogP contribution < -0.4 is 10.6 Å². The van der Waals surface area contributed by atoms with Crippen LogP contribution in [0.15, 0.2) is 45.3 Å². The Morgan fingerprint density at radius 3 is 2.45 bits per heavy atom. The van der Waals surface area contributed by atoms with Crippen LogP contribution in [-0.2, 0) is 0 Å². The number of furan rings is 1. The van der Waals surface area contributed by atoms with Gasteiger partial charge in [0.1, 0.15) is 0 Å². The number of piperazine rings is 1. The molecule has 0 aromatic carbocycles. The second-order valence-electron chi connectivity index (χ2n) is 6.32. The minimum atomic E-state index is -0.0749. The highest BCUT2D eigenvalue weighted by Crippen LogP contribution is 2.10. The molecule has 1 saturated heterocycles. The molecule has 3 heterocycles. The number of thiophene rings is 1. The Hall–Kier alpha value is -2.08. The molecule has 0 bridgehead atoms. The number of carbonyl (C=O) groups is 2. The van der Waals surface area contributed by atoms with Crippen molar-refractivity contribution in [2.45, 2.75) is 6.42 Å². The summed E-state index contributed by atoms with van der Waals surface area (Å²) in [4.78, 5) is 33.2. The Balaban J connectivity index is 0.00000300. The topological polar surface area (TPSA) is 90.2 Å². The number of aliphatic imine (C=N–C) groups is 1. The summed E-state index contributed by atoms with van der Waals surface area (Å²) in [6.45, 7) is 3.98. The van der Waals surface area contributed by atoms with Gasteiger partial charge in [0.25, 0.3) is 11.8 Å². The summed E-state index contributed by atoms with van der Waals surface area (Å²) in [5.74, 6) is 1.08. The predicted octanol–water partition coefficient (Wildman–Crippen LogP) is 2.11. The molecule has 2 amide bonds. The molecule has 2 N–H and O–H groups in total. The van der Waals surface area contributed by atoms with Crippen LogP contribution in [0.5, 0.6) is 0 Å². The third kappa shape index (κ3) is 6.46. The first-order chi connectivity index (χ1) is 13.7. The predicted molar refractivity (Wildman–Crippen MR) is 124 cm³/mol. The minimum absolute atomic E-state index is 0. The molecule has 0 radical (unpaired) electrons. The Labute approximate surface area is 191 Å². The van der Waals surface area contributed by atoms with Crippen molar-refractivity contribution >= 4 is 53.1 Å². The highest BCUT2D eigenvalue weighted by molar-refractivity contribution is 14.0. The summed E-state index contributed by atoms with van der Waals surface area (Å²) >= 11 is 1.44. The average molecular weight is 531 g/mol. The normalized spacial score (nSPS) is 14.3. The van der Waals surface area contributed by atoms with E-state index in [1.165, 1.54) is 17.6 Å². The first-order valence-corrected chi connectivity index (χ1v) is 10.2. The summed E-state index contributed by atoms with van der Waals surface area (Å²) in [6, 6.07) is 7.09. The first kappa shape index (κ1) is 23.2. The van der Waals surface area contributed by atoms with Crippen molar-refractivity contribution in [1.29, 1.82) is 0 Å². The third-order valence-corrected chi connectivity index (χ3v) is 5.35. The lowest BCUT2D eigenvalue weighted by molar-refractivity contribution is 0.0657. The standard InChI is InChI=1S/C19H25N5O3S.HI/c1-20-19(22-8-4-7-21-17(25)16-6-3-14-28-16)24-11-9-23(10-12-24)18(26)15-5-2-13-27-15;/h2-3,5-6,13-14H,4,7-12H2,1H3,(H,20,22)(H,21,25);1H. The number of rotatable bonds is 6. The summed E-state index contributed by atoms with van der Waals surface area (Å²) in [7, 11) is 1.75. The van der Waals surface area contributed by atoms with E-state index in [4.69, 9.17) is 4.42 Å². The van der Waals surface area contributed by atoms with Gasteiger partial charge < -0.3 is 24.9 Å². The first-order valence-electron chi connectivity index (χ1n) is 9.29. The second-order valence-corrected chi connectivity index (χ2v) is 7.26. The SMILES string of the molecule is CN=C(NCCCNC(=O)c1cccs1)N1CCN(C(=O)c2ccco2)CC1.I. The fraction of sp³-hybridized carbons (Fsp3) is 0.421. The number of hydrogen-bond acceptors (Lipinski definition) is 5. The Kier molecular flexibility index (Phi) is 9.45. The van der Waals surface area contributed by atoms with Crippen molar-refractivity contribution in [3.63, 3.8) is 0 Å². The number of nitrogens with zero attached hydrogens (tertiary/aromatic N) is 3. The van der Waals surface area contributed by atoms with Gasteiger partial charge in [0.05, 0.1) is 11.1 Å². The van der Waals surface area contributed by atoms with E-state index >= 15 is 0 Å². The summed E-state index contributed by atoms with van der Waals surface area (Å²) < 4.78 is 5.19. The number of carbonyl (C=O) groups excluding carboxylic acids is 2. The van der Waals surface area contributed by atoms with Gasteiger partial charge in [-0.2, -0.15) is 0 Å². The maximum atomic E-state index is 12.3. The van der Waals surface area contributed by atoms with Crippen LogP contribution in [0, 0.1) is 0 Å². The van der Waals surface area contributed by atoms with Crippen LogP contribution in [0.4, 0.5) is 0 Å². The molecule has 3 rings (SSSR count). The average Bonchev–Trinajstić information content (AvgIpc) is 3.44. The van der Waals surface area contributed by atoms with Crippen molar-refractivity contribution in [3.05, 3.63) is 46.5 Å². The van der Waals surface area contributed by atoms with Crippen molar-refractivity contribution in [2.75, 3.05) is 46.3 Å². The maximum absolute atomic E-state index is 12.3. The van der Waals surface area contributed by atoms with Gasteiger partial charge in [-0.1, -0.05) is 6.07 Å². The van der Waals surface area contributed by atoms with Crippen molar-refractivity contribution in [1.82, 2.24) is 20.4 Å². The number of amides is 2. The molecule has 2 aromatic heterocycles.